The summed E-state index contributed by atoms with van der Waals surface area (Å²) in [7, 11) is 0. The Hall–Kier alpha value is -2.17. The first-order chi connectivity index (χ1) is 12.0. The minimum Gasteiger partial charge on any atom is -0.336 e. The number of Topliss-reactive ketones (excluding diaryl/α,β-unsaturated/α-hetero) is 1. The van der Waals surface area contributed by atoms with Crippen molar-refractivity contribution in [1.82, 2.24) is 9.80 Å². The van der Waals surface area contributed by atoms with Crippen molar-refractivity contribution < 1.29 is 9.59 Å². The highest BCUT2D eigenvalue weighted by Gasteiger charge is 2.23. The van der Waals surface area contributed by atoms with E-state index in [0.29, 0.717) is 43.3 Å². The van der Waals surface area contributed by atoms with Crippen LogP contribution in [0.3, 0.4) is 0 Å². The molecule has 0 spiro atoms. The fourth-order valence-corrected chi connectivity index (χ4v) is 3.13. The Morgan fingerprint density at radius 3 is 2.28 bits per heavy atom. The maximum atomic E-state index is 12.6. The number of hydrogen-bond donors (Lipinski definition) is 0. The van der Waals surface area contributed by atoms with Crippen LogP contribution in [-0.2, 0) is 0 Å². The van der Waals surface area contributed by atoms with Gasteiger partial charge in [-0.05, 0) is 43.3 Å². The van der Waals surface area contributed by atoms with E-state index in [2.05, 4.69) is 4.90 Å². The van der Waals surface area contributed by atoms with E-state index in [0.717, 1.165) is 11.1 Å². The van der Waals surface area contributed by atoms with Crippen molar-refractivity contribution in [3.63, 3.8) is 0 Å². The second-order valence-corrected chi connectivity index (χ2v) is 6.80. The molecule has 5 heteroatoms. The SMILES string of the molecule is Cc1cccc(C(=O)N2CCN(CC(=O)c3ccc(Cl)cc3)CC2)c1. The summed E-state index contributed by atoms with van der Waals surface area (Å²) in [6.45, 7) is 5.04. The van der Waals surface area contributed by atoms with Crippen LogP contribution in [0.25, 0.3) is 0 Å². The highest BCUT2D eigenvalue weighted by molar-refractivity contribution is 6.30. The molecular weight excluding hydrogens is 336 g/mol. The summed E-state index contributed by atoms with van der Waals surface area (Å²) < 4.78 is 0. The lowest BCUT2D eigenvalue weighted by Crippen LogP contribution is -2.49. The van der Waals surface area contributed by atoms with Gasteiger partial charge in [-0.1, -0.05) is 29.3 Å². The molecule has 0 saturated carbocycles. The molecule has 0 bridgehead atoms. The number of aryl methyl sites for hydroxylation is 1. The molecule has 1 aliphatic heterocycles. The smallest absolute Gasteiger partial charge is 0.253 e. The molecule has 1 heterocycles. The van der Waals surface area contributed by atoms with Crippen molar-refractivity contribution in [2.75, 3.05) is 32.7 Å². The molecule has 1 saturated heterocycles. The molecule has 0 N–H and O–H groups in total. The van der Waals surface area contributed by atoms with Gasteiger partial charge in [0.05, 0.1) is 6.54 Å². The maximum Gasteiger partial charge on any atom is 0.253 e. The molecule has 0 aliphatic carbocycles. The first kappa shape index (κ1) is 17.6. The minimum absolute atomic E-state index is 0.0624. The minimum atomic E-state index is 0.0624. The number of ketones is 1. The number of carbonyl (C=O) groups excluding carboxylic acids is 2. The van der Waals surface area contributed by atoms with Gasteiger partial charge in [0.2, 0.25) is 0 Å². The van der Waals surface area contributed by atoms with Crippen LogP contribution >= 0.6 is 11.6 Å². The van der Waals surface area contributed by atoms with Gasteiger partial charge in [-0.25, -0.2) is 0 Å². The molecule has 0 radical (unpaired) electrons. The number of nitrogens with zero attached hydrogens (tertiary/aromatic N) is 2. The van der Waals surface area contributed by atoms with Crippen molar-refractivity contribution >= 4 is 23.3 Å². The Morgan fingerprint density at radius 1 is 0.960 bits per heavy atom. The van der Waals surface area contributed by atoms with Crippen LogP contribution in [0.5, 0.6) is 0 Å². The van der Waals surface area contributed by atoms with Crippen LogP contribution in [0.4, 0.5) is 0 Å². The quantitative estimate of drug-likeness (QED) is 0.789. The van der Waals surface area contributed by atoms with E-state index in [1.165, 1.54) is 0 Å². The molecule has 4 nitrogen and oxygen atoms in total. The average molecular weight is 357 g/mol. The Bertz CT molecular complexity index is 766. The molecule has 0 aromatic heterocycles. The van der Waals surface area contributed by atoms with Crippen molar-refractivity contribution in [2.24, 2.45) is 0 Å². The lowest BCUT2D eigenvalue weighted by Gasteiger charge is -2.34. The molecule has 1 fully saturated rings. The van der Waals surface area contributed by atoms with Crippen LogP contribution in [0.2, 0.25) is 5.02 Å². The number of piperazine rings is 1. The third-order valence-electron chi connectivity index (χ3n) is 4.46. The predicted molar refractivity (Wildman–Crippen MR) is 99.3 cm³/mol. The van der Waals surface area contributed by atoms with Gasteiger partial charge in [-0.15, -0.1) is 0 Å². The molecule has 130 valence electrons. The normalized spacial score (nSPS) is 15.2. The zero-order chi connectivity index (χ0) is 17.8. The van der Waals surface area contributed by atoms with Gasteiger partial charge in [0.1, 0.15) is 0 Å². The van der Waals surface area contributed by atoms with Crippen LogP contribution < -0.4 is 0 Å². The topological polar surface area (TPSA) is 40.6 Å². The number of carbonyl (C=O) groups is 2. The van der Waals surface area contributed by atoms with Crippen molar-refractivity contribution in [3.05, 3.63) is 70.2 Å². The summed E-state index contributed by atoms with van der Waals surface area (Å²) in [5, 5.41) is 0.625. The Kier molecular flexibility index (Phi) is 5.51. The van der Waals surface area contributed by atoms with Gasteiger partial charge >= 0.3 is 0 Å². The van der Waals surface area contributed by atoms with Gasteiger partial charge < -0.3 is 4.90 Å². The van der Waals surface area contributed by atoms with Gasteiger partial charge in [-0.2, -0.15) is 0 Å². The van der Waals surface area contributed by atoms with E-state index in [4.69, 9.17) is 11.6 Å². The maximum absolute atomic E-state index is 12.6. The molecule has 1 aliphatic rings. The first-order valence-electron chi connectivity index (χ1n) is 8.40. The first-order valence-corrected chi connectivity index (χ1v) is 8.78. The van der Waals surface area contributed by atoms with Crippen LogP contribution in [0.1, 0.15) is 26.3 Å². The third-order valence-corrected chi connectivity index (χ3v) is 4.71. The zero-order valence-electron chi connectivity index (χ0n) is 14.2. The predicted octanol–water partition coefficient (Wildman–Crippen LogP) is 3.29. The Labute approximate surface area is 153 Å². The second kappa shape index (κ2) is 7.81. The fraction of sp³-hybridized carbons (Fsp3) is 0.300. The van der Waals surface area contributed by atoms with Gasteiger partial charge in [0, 0.05) is 42.3 Å². The molecule has 1 amide bonds. The van der Waals surface area contributed by atoms with Crippen molar-refractivity contribution in [1.29, 1.82) is 0 Å². The molecule has 25 heavy (non-hydrogen) atoms. The van der Waals surface area contributed by atoms with E-state index < -0.39 is 0 Å². The summed E-state index contributed by atoms with van der Waals surface area (Å²) in [6, 6.07) is 14.6. The number of hydrogen-bond acceptors (Lipinski definition) is 3. The van der Waals surface area contributed by atoms with Crippen molar-refractivity contribution in [2.45, 2.75) is 6.92 Å². The lowest BCUT2D eigenvalue weighted by atomic mass is 10.1. The van der Waals surface area contributed by atoms with Crippen LogP contribution in [0.15, 0.2) is 48.5 Å². The Morgan fingerprint density at radius 2 is 1.64 bits per heavy atom. The third kappa shape index (κ3) is 4.47. The van der Waals surface area contributed by atoms with Crippen LogP contribution in [0, 0.1) is 6.92 Å². The standard InChI is InChI=1S/C20H21ClN2O2/c1-15-3-2-4-17(13-15)20(25)23-11-9-22(10-12-23)14-19(24)16-5-7-18(21)8-6-16/h2-8,13H,9-12,14H2,1H3. The van der Waals surface area contributed by atoms with Gasteiger partial charge in [-0.3, -0.25) is 14.5 Å². The number of rotatable bonds is 4. The molecule has 0 unspecified atom stereocenters. The van der Waals surface area contributed by atoms with Crippen LogP contribution in [-0.4, -0.2) is 54.2 Å². The largest absolute Gasteiger partial charge is 0.336 e. The summed E-state index contributed by atoms with van der Waals surface area (Å²) in [4.78, 5) is 28.8. The molecule has 2 aromatic carbocycles. The van der Waals surface area contributed by atoms with E-state index >= 15 is 0 Å². The lowest BCUT2D eigenvalue weighted by molar-refractivity contribution is 0.0624. The van der Waals surface area contributed by atoms with Gasteiger partial charge in [0.25, 0.3) is 5.91 Å². The van der Waals surface area contributed by atoms with E-state index in [9.17, 15) is 9.59 Å². The molecule has 0 atom stereocenters. The number of halogens is 1. The van der Waals surface area contributed by atoms with Gasteiger partial charge in [0.15, 0.2) is 5.78 Å². The average Bonchev–Trinajstić information content (AvgIpc) is 2.62. The highest BCUT2D eigenvalue weighted by atomic mass is 35.5. The summed E-state index contributed by atoms with van der Waals surface area (Å²) in [5.74, 6) is 0.141. The summed E-state index contributed by atoms with van der Waals surface area (Å²) in [6.07, 6.45) is 0. The van der Waals surface area contributed by atoms with Crippen molar-refractivity contribution in [3.8, 4) is 0 Å². The summed E-state index contributed by atoms with van der Waals surface area (Å²) >= 11 is 5.86. The van der Waals surface area contributed by atoms with E-state index in [-0.39, 0.29) is 11.7 Å². The fourth-order valence-electron chi connectivity index (χ4n) is 3.00. The second-order valence-electron chi connectivity index (χ2n) is 6.37. The van der Waals surface area contributed by atoms with E-state index in [1.807, 2.05) is 36.1 Å². The molecule has 3 rings (SSSR count). The number of benzene rings is 2. The number of amides is 1. The summed E-state index contributed by atoms with van der Waals surface area (Å²) in [5.41, 5.74) is 2.48. The zero-order valence-corrected chi connectivity index (χ0v) is 15.0. The molecular formula is C20H21ClN2O2. The van der Waals surface area contributed by atoms with E-state index in [1.54, 1.807) is 24.3 Å². The molecule has 2 aromatic rings. The Balaban J connectivity index is 1.54. The highest BCUT2D eigenvalue weighted by Crippen LogP contribution is 2.13. The monoisotopic (exact) mass is 356 g/mol.